The largest absolute Gasteiger partial charge is 0.464 e. The number of allylic oxidation sites excluding steroid dienone is 2. The Morgan fingerprint density at radius 3 is 2.80 bits per heavy atom. The summed E-state index contributed by atoms with van der Waals surface area (Å²) in [5, 5.41) is 0. The lowest BCUT2D eigenvalue weighted by molar-refractivity contribution is 0.125. The summed E-state index contributed by atoms with van der Waals surface area (Å²) >= 11 is 1.58. The van der Waals surface area contributed by atoms with Crippen LogP contribution in [0.15, 0.2) is 23.3 Å². The predicted molar refractivity (Wildman–Crippen MR) is 43.5 cm³/mol. The standard InChI is InChI=1S/C7H11FOS/c1-6(9-5-8)4-7(2)10-3/h4H,1,5H2,2-3H3/b7-4+. The lowest BCUT2D eigenvalue weighted by Gasteiger charge is -1.99. The van der Waals surface area contributed by atoms with Gasteiger partial charge in [0.2, 0.25) is 6.86 Å². The van der Waals surface area contributed by atoms with Gasteiger partial charge in [-0.15, -0.1) is 11.8 Å². The van der Waals surface area contributed by atoms with Gasteiger partial charge in [-0.1, -0.05) is 6.58 Å². The van der Waals surface area contributed by atoms with Crippen molar-refractivity contribution in [3.63, 3.8) is 0 Å². The molecule has 3 heteroatoms. The van der Waals surface area contributed by atoms with E-state index in [0.717, 1.165) is 4.91 Å². The molecule has 0 saturated carbocycles. The lowest BCUT2D eigenvalue weighted by Crippen LogP contribution is -1.84. The van der Waals surface area contributed by atoms with Gasteiger partial charge in [0.15, 0.2) is 0 Å². The van der Waals surface area contributed by atoms with Crippen LogP contribution in [0, 0.1) is 0 Å². The molecule has 0 radical (unpaired) electrons. The van der Waals surface area contributed by atoms with Crippen molar-refractivity contribution in [3.8, 4) is 0 Å². The summed E-state index contributed by atoms with van der Waals surface area (Å²) in [6.07, 6.45) is 3.64. The Labute approximate surface area is 65.0 Å². The van der Waals surface area contributed by atoms with Crippen LogP contribution in [0.3, 0.4) is 0 Å². The number of alkyl halides is 1. The summed E-state index contributed by atoms with van der Waals surface area (Å²) in [5.74, 6) is 0.370. The maximum atomic E-state index is 11.5. The van der Waals surface area contributed by atoms with Crippen LogP contribution >= 0.6 is 11.8 Å². The minimum Gasteiger partial charge on any atom is -0.464 e. The molecule has 0 bridgehead atoms. The molecule has 0 aromatic heterocycles. The zero-order chi connectivity index (χ0) is 7.98. The van der Waals surface area contributed by atoms with Crippen LogP contribution in [0.25, 0.3) is 0 Å². The zero-order valence-electron chi connectivity index (χ0n) is 6.19. The lowest BCUT2D eigenvalue weighted by atomic mass is 10.5. The third-order valence-electron chi connectivity index (χ3n) is 0.926. The predicted octanol–water partition coefficient (Wildman–Crippen LogP) is 2.71. The Kier molecular flexibility index (Phi) is 5.12. The number of ether oxygens (including phenoxy) is 1. The van der Waals surface area contributed by atoms with E-state index in [1.54, 1.807) is 17.8 Å². The average molecular weight is 162 g/mol. The maximum absolute atomic E-state index is 11.5. The van der Waals surface area contributed by atoms with Gasteiger partial charge in [-0.3, -0.25) is 0 Å². The van der Waals surface area contributed by atoms with Crippen molar-refractivity contribution >= 4 is 11.8 Å². The van der Waals surface area contributed by atoms with Crippen LogP contribution in [0.2, 0.25) is 0 Å². The van der Waals surface area contributed by atoms with Gasteiger partial charge >= 0.3 is 0 Å². The van der Waals surface area contributed by atoms with Gasteiger partial charge in [0.25, 0.3) is 0 Å². The number of hydrogen-bond donors (Lipinski definition) is 0. The SMILES string of the molecule is C=C(/C=C(\C)SC)OCF. The van der Waals surface area contributed by atoms with E-state index in [0.29, 0.717) is 5.76 Å². The number of rotatable bonds is 4. The van der Waals surface area contributed by atoms with Crippen molar-refractivity contribution in [2.24, 2.45) is 0 Å². The van der Waals surface area contributed by atoms with E-state index in [2.05, 4.69) is 11.3 Å². The van der Waals surface area contributed by atoms with E-state index in [-0.39, 0.29) is 0 Å². The van der Waals surface area contributed by atoms with Crippen LogP contribution < -0.4 is 0 Å². The zero-order valence-corrected chi connectivity index (χ0v) is 7.00. The summed E-state index contributed by atoms with van der Waals surface area (Å²) in [4.78, 5) is 1.05. The first-order chi connectivity index (χ1) is 4.70. The van der Waals surface area contributed by atoms with Gasteiger partial charge in [0.05, 0.1) is 0 Å². The Morgan fingerprint density at radius 1 is 1.80 bits per heavy atom. The molecule has 0 spiro atoms. The number of thioether (sulfide) groups is 1. The minimum atomic E-state index is -0.809. The second kappa shape index (κ2) is 5.35. The molecule has 0 aromatic carbocycles. The first-order valence-corrected chi connectivity index (χ1v) is 4.03. The molecule has 0 aliphatic rings. The molecule has 0 atom stereocenters. The number of hydrogen-bond acceptors (Lipinski definition) is 2. The Bertz CT molecular complexity index is 143. The summed E-state index contributed by atoms with van der Waals surface area (Å²) in [6.45, 7) is 4.59. The fraction of sp³-hybridized carbons (Fsp3) is 0.429. The van der Waals surface area contributed by atoms with Gasteiger partial charge in [0, 0.05) is 0 Å². The second-order valence-corrected chi connectivity index (χ2v) is 2.73. The fourth-order valence-electron chi connectivity index (χ4n) is 0.397. The van der Waals surface area contributed by atoms with Crippen LogP contribution in [0.5, 0.6) is 0 Å². The topological polar surface area (TPSA) is 9.23 Å². The van der Waals surface area contributed by atoms with E-state index in [9.17, 15) is 4.39 Å². The Balaban J connectivity index is 3.75. The molecular formula is C7H11FOS. The van der Waals surface area contributed by atoms with Crippen molar-refractivity contribution in [2.45, 2.75) is 6.92 Å². The molecule has 0 fully saturated rings. The molecule has 0 heterocycles. The average Bonchev–Trinajstić information content (AvgIpc) is 1.88. The molecule has 0 aliphatic carbocycles. The molecule has 0 saturated heterocycles. The van der Waals surface area contributed by atoms with E-state index in [1.165, 1.54) is 0 Å². The third-order valence-corrected chi connectivity index (χ3v) is 1.69. The molecule has 10 heavy (non-hydrogen) atoms. The third kappa shape index (κ3) is 4.44. The van der Waals surface area contributed by atoms with Crippen molar-refractivity contribution in [1.29, 1.82) is 0 Å². The molecular weight excluding hydrogens is 151 g/mol. The van der Waals surface area contributed by atoms with Crippen molar-refractivity contribution in [2.75, 3.05) is 13.1 Å². The smallest absolute Gasteiger partial charge is 0.228 e. The van der Waals surface area contributed by atoms with Crippen LogP contribution in [0.4, 0.5) is 4.39 Å². The number of halogens is 1. The summed E-state index contributed by atoms with van der Waals surface area (Å²) < 4.78 is 15.9. The molecule has 0 unspecified atom stereocenters. The minimum absolute atomic E-state index is 0.370. The van der Waals surface area contributed by atoms with Gasteiger partial charge < -0.3 is 4.74 Å². The Morgan fingerprint density at radius 2 is 2.40 bits per heavy atom. The highest BCUT2D eigenvalue weighted by atomic mass is 32.2. The van der Waals surface area contributed by atoms with Gasteiger partial charge in [-0.25, -0.2) is 4.39 Å². The van der Waals surface area contributed by atoms with E-state index >= 15 is 0 Å². The van der Waals surface area contributed by atoms with E-state index < -0.39 is 6.86 Å². The highest BCUT2D eigenvalue weighted by Gasteiger charge is 1.89. The summed E-state index contributed by atoms with van der Waals surface area (Å²) in [7, 11) is 0. The van der Waals surface area contributed by atoms with Crippen molar-refractivity contribution in [1.82, 2.24) is 0 Å². The molecule has 0 aliphatic heterocycles. The monoisotopic (exact) mass is 162 g/mol. The van der Waals surface area contributed by atoms with Gasteiger partial charge in [-0.05, 0) is 24.2 Å². The fourth-order valence-corrected chi connectivity index (χ4v) is 0.647. The highest BCUT2D eigenvalue weighted by molar-refractivity contribution is 8.02. The normalized spacial score (nSPS) is 11.3. The van der Waals surface area contributed by atoms with Crippen LogP contribution in [0.1, 0.15) is 6.92 Å². The van der Waals surface area contributed by atoms with Gasteiger partial charge in [-0.2, -0.15) is 0 Å². The van der Waals surface area contributed by atoms with Crippen LogP contribution in [-0.2, 0) is 4.74 Å². The van der Waals surface area contributed by atoms with Crippen molar-refractivity contribution in [3.05, 3.63) is 23.3 Å². The molecule has 0 aromatic rings. The van der Waals surface area contributed by atoms with Crippen molar-refractivity contribution < 1.29 is 9.13 Å². The molecule has 58 valence electrons. The molecule has 0 rings (SSSR count). The molecule has 1 nitrogen and oxygen atoms in total. The van der Waals surface area contributed by atoms with Crippen LogP contribution in [-0.4, -0.2) is 13.1 Å². The van der Waals surface area contributed by atoms with Gasteiger partial charge in [0.1, 0.15) is 5.76 Å². The second-order valence-electron chi connectivity index (χ2n) is 1.68. The summed E-state index contributed by atoms with van der Waals surface area (Å²) in [6, 6.07) is 0. The Hall–Kier alpha value is -0.440. The quantitative estimate of drug-likeness (QED) is 0.464. The summed E-state index contributed by atoms with van der Waals surface area (Å²) in [5.41, 5.74) is 0. The first kappa shape index (κ1) is 9.56. The maximum Gasteiger partial charge on any atom is 0.228 e. The van der Waals surface area contributed by atoms with E-state index in [4.69, 9.17) is 0 Å². The highest BCUT2D eigenvalue weighted by Crippen LogP contribution is 2.12. The first-order valence-electron chi connectivity index (χ1n) is 2.80. The molecule has 0 N–H and O–H groups in total. The van der Waals surface area contributed by atoms with E-state index in [1.807, 2.05) is 13.2 Å². The molecule has 0 amide bonds.